The van der Waals surface area contributed by atoms with E-state index in [0.29, 0.717) is 6.61 Å². The van der Waals surface area contributed by atoms with Gasteiger partial charge in [0.1, 0.15) is 5.60 Å². The van der Waals surface area contributed by atoms with Crippen LogP contribution in [0.25, 0.3) is 0 Å². The first-order chi connectivity index (χ1) is 7.40. The number of amides is 1. The monoisotopic (exact) mass is 229 g/mol. The maximum atomic E-state index is 11.4. The molecule has 92 valence electrons. The van der Waals surface area contributed by atoms with Gasteiger partial charge in [0.05, 0.1) is 25.4 Å². The minimum Gasteiger partial charge on any atom is -0.444 e. The van der Waals surface area contributed by atoms with E-state index in [2.05, 4.69) is 5.32 Å². The molecule has 0 bridgehead atoms. The molecule has 0 spiro atoms. The van der Waals surface area contributed by atoms with Crippen LogP contribution in [0, 0.1) is 0 Å². The molecule has 0 aromatic carbocycles. The first kappa shape index (κ1) is 13.0. The van der Waals surface area contributed by atoms with Crippen LogP contribution in [0.15, 0.2) is 12.2 Å². The van der Waals surface area contributed by atoms with Crippen LogP contribution in [0.5, 0.6) is 0 Å². The number of hydrogen-bond acceptors (Lipinski definition) is 4. The Morgan fingerprint density at radius 1 is 1.56 bits per heavy atom. The second-order valence-electron chi connectivity index (χ2n) is 4.69. The lowest BCUT2D eigenvalue weighted by atomic mass is 10.2. The third-order valence-corrected chi connectivity index (χ3v) is 1.93. The molecule has 1 aliphatic heterocycles. The molecule has 2 N–H and O–H groups in total. The molecule has 2 unspecified atom stereocenters. The van der Waals surface area contributed by atoms with Crippen molar-refractivity contribution in [2.24, 2.45) is 0 Å². The van der Waals surface area contributed by atoms with Crippen LogP contribution in [0.1, 0.15) is 20.8 Å². The summed E-state index contributed by atoms with van der Waals surface area (Å²) < 4.78 is 10.4. The Morgan fingerprint density at radius 2 is 2.25 bits per heavy atom. The zero-order chi connectivity index (χ0) is 12.2. The summed E-state index contributed by atoms with van der Waals surface area (Å²) in [4.78, 5) is 11.4. The maximum absolute atomic E-state index is 11.4. The molecule has 1 aliphatic rings. The normalized spacial score (nSPS) is 25.2. The van der Waals surface area contributed by atoms with Gasteiger partial charge in [-0.2, -0.15) is 0 Å². The second kappa shape index (κ2) is 5.32. The van der Waals surface area contributed by atoms with Gasteiger partial charge in [-0.3, -0.25) is 0 Å². The second-order valence-corrected chi connectivity index (χ2v) is 4.69. The highest BCUT2D eigenvalue weighted by Crippen LogP contribution is 2.09. The molecule has 0 saturated carbocycles. The zero-order valence-corrected chi connectivity index (χ0v) is 9.90. The summed E-state index contributed by atoms with van der Waals surface area (Å²) in [5, 5.41) is 11.5. The fourth-order valence-electron chi connectivity index (χ4n) is 1.26. The zero-order valence-electron chi connectivity index (χ0n) is 9.90. The molecule has 0 aromatic rings. The number of ether oxygens (including phenoxy) is 2. The Hall–Kier alpha value is -1.07. The van der Waals surface area contributed by atoms with E-state index in [9.17, 15) is 4.79 Å². The van der Waals surface area contributed by atoms with Gasteiger partial charge >= 0.3 is 6.09 Å². The average Bonchev–Trinajstić information content (AvgIpc) is 2.16. The number of alkyl carbamates (subject to hydrolysis) is 1. The van der Waals surface area contributed by atoms with Crippen molar-refractivity contribution < 1.29 is 19.4 Å². The molecule has 5 nitrogen and oxygen atoms in total. The largest absolute Gasteiger partial charge is 0.444 e. The Balaban J connectivity index is 2.36. The summed E-state index contributed by atoms with van der Waals surface area (Å²) in [7, 11) is 0. The van der Waals surface area contributed by atoms with Crippen molar-refractivity contribution in [1.29, 1.82) is 0 Å². The van der Waals surface area contributed by atoms with Crippen molar-refractivity contribution in [3.05, 3.63) is 12.2 Å². The molecule has 0 radical (unpaired) electrons. The average molecular weight is 229 g/mol. The lowest BCUT2D eigenvalue weighted by molar-refractivity contribution is 0.0199. The standard InChI is InChI=1S/C11H19NO4/c1-11(2,3)16-10(14)12-8-4-5-9(6-13)15-7-8/h4-5,8-9,13H,6-7H2,1-3H3,(H,12,14). The Kier molecular flexibility index (Phi) is 4.32. The number of aliphatic hydroxyl groups excluding tert-OH is 1. The molecule has 1 amide bonds. The van der Waals surface area contributed by atoms with E-state index in [1.807, 2.05) is 20.8 Å². The molecule has 0 aromatic heterocycles. The van der Waals surface area contributed by atoms with E-state index in [0.717, 1.165) is 0 Å². The Morgan fingerprint density at radius 3 is 2.69 bits per heavy atom. The summed E-state index contributed by atoms with van der Waals surface area (Å²) in [6, 6.07) is -0.197. The molecule has 2 atom stereocenters. The number of nitrogens with one attached hydrogen (secondary N) is 1. The number of rotatable bonds is 2. The first-order valence-corrected chi connectivity index (χ1v) is 5.31. The van der Waals surface area contributed by atoms with Crippen molar-refractivity contribution in [2.75, 3.05) is 13.2 Å². The molecule has 1 heterocycles. The van der Waals surface area contributed by atoms with Crippen LogP contribution in [0.4, 0.5) is 4.79 Å². The highest BCUT2D eigenvalue weighted by molar-refractivity contribution is 5.68. The van der Waals surface area contributed by atoms with Crippen LogP contribution >= 0.6 is 0 Å². The molecule has 0 aliphatic carbocycles. The number of hydrogen-bond donors (Lipinski definition) is 2. The SMILES string of the molecule is CC(C)(C)OC(=O)NC1C=CC(CO)OC1. The van der Waals surface area contributed by atoms with Gasteiger partial charge in [-0.25, -0.2) is 4.79 Å². The van der Waals surface area contributed by atoms with Crippen molar-refractivity contribution in [3.8, 4) is 0 Å². The third kappa shape index (κ3) is 4.63. The predicted molar refractivity (Wildman–Crippen MR) is 59.1 cm³/mol. The lowest BCUT2D eigenvalue weighted by Gasteiger charge is -2.25. The number of carbonyl (C=O) groups is 1. The van der Waals surface area contributed by atoms with Crippen LogP contribution in [0.3, 0.4) is 0 Å². The number of carbonyl (C=O) groups excluding carboxylic acids is 1. The third-order valence-electron chi connectivity index (χ3n) is 1.93. The van der Waals surface area contributed by atoms with Crippen LogP contribution in [-0.2, 0) is 9.47 Å². The van der Waals surface area contributed by atoms with E-state index < -0.39 is 11.7 Å². The summed E-state index contributed by atoms with van der Waals surface area (Å²) >= 11 is 0. The van der Waals surface area contributed by atoms with E-state index >= 15 is 0 Å². The summed E-state index contributed by atoms with van der Waals surface area (Å²) in [6.07, 6.45) is 2.80. The van der Waals surface area contributed by atoms with Gasteiger partial charge < -0.3 is 19.9 Å². The quantitative estimate of drug-likeness (QED) is 0.688. The number of aliphatic hydroxyl groups is 1. The van der Waals surface area contributed by atoms with Gasteiger partial charge in [-0.1, -0.05) is 12.2 Å². The molecule has 1 rings (SSSR count). The van der Waals surface area contributed by atoms with E-state index in [4.69, 9.17) is 14.6 Å². The molecular formula is C11H19NO4. The van der Waals surface area contributed by atoms with Gasteiger partial charge in [0.2, 0.25) is 0 Å². The van der Waals surface area contributed by atoms with E-state index in [1.54, 1.807) is 12.2 Å². The van der Waals surface area contributed by atoms with Crippen molar-refractivity contribution in [3.63, 3.8) is 0 Å². The smallest absolute Gasteiger partial charge is 0.408 e. The van der Waals surface area contributed by atoms with E-state index in [-0.39, 0.29) is 18.8 Å². The highest BCUT2D eigenvalue weighted by Gasteiger charge is 2.21. The van der Waals surface area contributed by atoms with Crippen LogP contribution in [0.2, 0.25) is 0 Å². The maximum Gasteiger partial charge on any atom is 0.408 e. The fraction of sp³-hybridized carbons (Fsp3) is 0.727. The topological polar surface area (TPSA) is 67.8 Å². The van der Waals surface area contributed by atoms with Crippen molar-refractivity contribution in [2.45, 2.75) is 38.5 Å². The molecular weight excluding hydrogens is 210 g/mol. The molecule has 0 fully saturated rings. The lowest BCUT2D eigenvalue weighted by Crippen LogP contribution is -2.43. The first-order valence-electron chi connectivity index (χ1n) is 5.31. The van der Waals surface area contributed by atoms with Crippen LogP contribution in [-0.4, -0.2) is 42.2 Å². The van der Waals surface area contributed by atoms with Gasteiger partial charge in [0.15, 0.2) is 0 Å². The van der Waals surface area contributed by atoms with Crippen LogP contribution < -0.4 is 5.32 Å². The van der Waals surface area contributed by atoms with Gasteiger partial charge in [0, 0.05) is 0 Å². The highest BCUT2D eigenvalue weighted by atomic mass is 16.6. The van der Waals surface area contributed by atoms with Gasteiger partial charge in [-0.05, 0) is 20.8 Å². The Labute approximate surface area is 95.4 Å². The summed E-state index contributed by atoms with van der Waals surface area (Å²) in [5.41, 5.74) is -0.503. The van der Waals surface area contributed by atoms with Crippen molar-refractivity contribution in [1.82, 2.24) is 5.32 Å². The van der Waals surface area contributed by atoms with Gasteiger partial charge in [-0.15, -0.1) is 0 Å². The minimum absolute atomic E-state index is 0.0460. The van der Waals surface area contributed by atoms with Crippen molar-refractivity contribution >= 4 is 6.09 Å². The summed E-state index contributed by atoms with van der Waals surface area (Å²) in [6.45, 7) is 5.72. The predicted octanol–water partition coefficient (Wildman–Crippen LogP) is 0.827. The Bertz CT molecular complexity index is 270. The minimum atomic E-state index is -0.503. The van der Waals surface area contributed by atoms with E-state index in [1.165, 1.54) is 0 Å². The fourth-order valence-corrected chi connectivity index (χ4v) is 1.26. The summed E-state index contributed by atoms with van der Waals surface area (Å²) in [5.74, 6) is 0. The van der Waals surface area contributed by atoms with Gasteiger partial charge in [0.25, 0.3) is 0 Å². The molecule has 16 heavy (non-hydrogen) atoms. The molecule has 5 heteroatoms. The molecule has 0 saturated heterocycles.